The summed E-state index contributed by atoms with van der Waals surface area (Å²) in [6, 6.07) is 0. The lowest BCUT2D eigenvalue weighted by Crippen LogP contribution is -2.23. The van der Waals surface area contributed by atoms with Gasteiger partial charge < -0.3 is 25.8 Å². The first-order valence-electron chi connectivity index (χ1n) is 12.7. The van der Waals surface area contributed by atoms with Crippen molar-refractivity contribution in [2.45, 2.75) is 49.9 Å². The number of ether oxygens (including phenoxy) is 2. The Morgan fingerprint density at radius 2 is 1.88 bits per heavy atom. The Kier molecular flexibility index (Phi) is 8.31. The molecule has 4 aromatic heterocycles. The van der Waals surface area contributed by atoms with Crippen LogP contribution in [0.25, 0.3) is 16.8 Å². The number of aromatic nitrogens is 8. The number of H-pyrrole nitrogens is 1. The molecule has 2 saturated heterocycles. The molecule has 23 heteroatoms. The van der Waals surface area contributed by atoms with E-state index in [0.29, 0.717) is 24.2 Å². The highest BCUT2D eigenvalue weighted by Crippen LogP contribution is 2.57. The van der Waals surface area contributed by atoms with Crippen LogP contribution in [0.4, 0.5) is 11.8 Å². The van der Waals surface area contributed by atoms with Crippen molar-refractivity contribution < 1.29 is 37.1 Å². The summed E-state index contributed by atoms with van der Waals surface area (Å²) in [6.45, 7) is -8.61. The molecular weight excluding hydrogens is 650 g/mol. The molecule has 6 rings (SSSR count). The Morgan fingerprint density at radius 1 is 1.09 bits per heavy atom. The second kappa shape index (κ2) is 11.7. The second-order valence-electron chi connectivity index (χ2n) is 9.74. The molecule has 2 aliphatic heterocycles. The zero-order chi connectivity index (χ0) is 30.5. The van der Waals surface area contributed by atoms with E-state index in [9.17, 15) is 18.8 Å². The van der Waals surface area contributed by atoms with Gasteiger partial charge in [0.15, 0.2) is 28.9 Å². The highest BCUT2D eigenvalue weighted by Gasteiger charge is 2.43. The van der Waals surface area contributed by atoms with Gasteiger partial charge in [-0.3, -0.25) is 27.9 Å². The third-order valence-electron chi connectivity index (χ3n) is 6.79. The number of nitrogens with one attached hydrogen (secondary N) is 1. The number of aromatic amines is 1. The fourth-order valence-corrected chi connectivity index (χ4v) is 7.04. The fourth-order valence-electron chi connectivity index (χ4n) is 4.97. The molecule has 4 aromatic rings. The van der Waals surface area contributed by atoms with Crippen molar-refractivity contribution in [3.63, 3.8) is 0 Å². The van der Waals surface area contributed by atoms with Gasteiger partial charge in [0.1, 0.15) is 18.5 Å². The molecule has 232 valence electrons. The van der Waals surface area contributed by atoms with Crippen molar-refractivity contribution in [2.75, 3.05) is 24.7 Å². The summed E-state index contributed by atoms with van der Waals surface area (Å²) in [5.41, 5.74) is 12.1. The van der Waals surface area contributed by atoms with Crippen LogP contribution in [0.2, 0.25) is 0 Å². The normalized spacial score (nSPS) is 27.1. The third kappa shape index (κ3) is 6.60. The number of anilines is 2. The van der Waals surface area contributed by atoms with E-state index in [1.54, 1.807) is 10.7 Å². The number of fused-ring (bicyclic) bond motifs is 2. The summed E-state index contributed by atoms with van der Waals surface area (Å²) in [6.07, 6.45) is 1.76. The van der Waals surface area contributed by atoms with Gasteiger partial charge in [-0.15, -0.1) is 0 Å². The Hall–Kier alpha value is -2.58. The predicted octanol–water partition coefficient (Wildman–Crippen LogP) is 1.42. The van der Waals surface area contributed by atoms with Crippen LogP contribution in [0.3, 0.4) is 0 Å². The molecule has 0 aliphatic carbocycles. The van der Waals surface area contributed by atoms with E-state index in [4.69, 9.17) is 34.5 Å². The molecule has 3 unspecified atom stereocenters. The molecule has 0 amide bonds. The Morgan fingerprint density at radius 3 is 2.67 bits per heavy atom. The molecule has 2 aliphatic rings. The lowest BCUT2D eigenvalue weighted by atomic mass is 10.1. The van der Waals surface area contributed by atoms with Crippen LogP contribution in [0.15, 0.2) is 23.6 Å². The number of nitrogen functional groups attached to an aromatic ring is 2. The molecule has 6 N–H and O–H groups in total. The predicted molar refractivity (Wildman–Crippen MR) is 155 cm³/mol. The number of nitrogens with zero attached hydrogens (tertiary/aromatic N) is 7. The molecule has 7 atom stereocenters. The van der Waals surface area contributed by atoms with Gasteiger partial charge in [0, 0.05) is 6.42 Å². The largest absolute Gasteiger partial charge is 0.386 e. The number of thiol groups is 2. The second-order valence-corrected chi connectivity index (χ2v) is 15.4. The van der Waals surface area contributed by atoms with Crippen molar-refractivity contribution in [1.82, 2.24) is 39.1 Å². The minimum Gasteiger partial charge on any atom is -0.381 e. The summed E-state index contributed by atoms with van der Waals surface area (Å²) >= 11 is 7.67. The van der Waals surface area contributed by atoms with Crippen molar-refractivity contribution in [3.8, 4) is 0 Å². The van der Waals surface area contributed by atoms with E-state index in [0.717, 1.165) is 0 Å². The Bertz CT molecular complexity index is 1810. The smallest absolute Gasteiger partial charge is 0.381 e. The van der Waals surface area contributed by atoms with E-state index >= 15 is 0 Å². The fraction of sp³-hybridized carbons (Fsp3) is 0.500. The van der Waals surface area contributed by atoms with Crippen LogP contribution in [0.5, 0.6) is 0 Å². The van der Waals surface area contributed by atoms with E-state index in [2.05, 4.69) is 54.5 Å². The van der Waals surface area contributed by atoms with Gasteiger partial charge in [0.2, 0.25) is 5.95 Å². The average molecular weight is 677 g/mol. The van der Waals surface area contributed by atoms with Gasteiger partial charge in [0.05, 0.1) is 43.6 Å². The number of rotatable bonds is 10. The van der Waals surface area contributed by atoms with E-state index in [-0.39, 0.29) is 48.7 Å². The van der Waals surface area contributed by atoms with E-state index in [1.165, 1.54) is 17.2 Å². The summed E-state index contributed by atoms with van der Waals surface area (Å²) < 4.78 is 56.2. The molecule has 0 saturated carbocycles. The van der Waals surface area contributed by atoms with Gasteiger partial charge in [-0.05, 0) is 12.8 Å². The molecule has 43 heavy (non-hydrogen) atoms. The topological polar surface area (TPSA) is 259 Å². The molecule has 0 aromatic carbocycles. The van der Waals surface area contributed by atoms with Gasteiger partial charge in [-0.1, -0.05) is 24.5 Å². The first-order valence-corrected chi connectivity index (χ1v) is 18.1. The van der Waals surface area contributed by atoms with E-state index in [1.807, 2.05) is 0 Å². The number of nitrogens with two attached hydrogens (primary N) is 2. The standard InChI is InChI=1S/C20H26N10O9P2S2/c21-15-17-23-4-11(30(17)26-7-24-15)12-2-1-9(37-12)5-36-41(34,43)39-13-3-10(6-35-40(32,33)42)38-19(13)29-8-25-14-16(29)27-20(22)28-18(14)31/h4,7-10,12-13,19H,1-3,5-6H2,(H,34,43)(H2,21,24,26)(H2,32,33,42)(H3,22,27,28,31)/t9-,10-,12+,13?,19+,41?/m0/s1. The zero-order valence-electron chi connectivity index (χ0n) is 21.9. The quantitative estimate of drug-likeness (QED) is 0.102. The Labute approximate surface area is 252 Å². The summed E-state index contributed by atoms with van der Waals surface area (Å²) in [5.74, 6) is 0.0739. The number of hydrogen-bond donors (Lipinski definition) is 6. The molecule has 0 spiro atoms. The van der Waals surface area contributed by atoms with Crippen molar-refractivity contribution >= 4 is 66.7 Å². The van der Waals surface area contributed by atoms with Crippen LogP contribution in [0.1, 0.15) is 37.3 Å². The first-order chi connectivity index (χ1) is 20.4. The lowest BCUT2D eigenvalue weighted by Gasteiger charge is -2.24. The molecule has 0 radical (unpaired) electrons. The molecule has 19 nitrogen and oxygen atoms in total. The molecule has 0 bridgehead atoms. The third-order valence-corrected chi connectivity index (χ3v) is 9.26. The van der Waals surface area contributed by atoms with Crippen LogP contribution in [-0.2, 0) is 32.2 Å². The summed E-state index contributed by atoms with van der Waals surface area (Å²) in [7, 11) is 0. The van der Waals surface area contributed by atoms with Crippen LogP contribution in [-0.4, -0.2) is 75.5 Å². The number of hydrogen-bond acceptors (Lipinski definition) is 15. The van der Waals surface area contributed by atoms with Gasteiger partial charge in [0.25, 0.3) is 5.56 Å². The summed E-state index contributed by atoms with van der Waals surface area (Å²) in [4.78, 5) is 40.4. The van der Waals surface area contributed by atoms with Crippen LogP contribution in [0, 0.1) is 0 Å². The number of imidazole rings is 2. The van der Waals surface area contributed by atoms with Crippen LogP contribution < -0.4 is 17.0 Å². The van der Waals surface area contributed by atoms with Crippen LogP contribution >= 0.6 is 38.1 Å². The zero-order valence-corrected chi connectivity index (χ0v) is 25.5. The average Bonchev–Trinajstić information content (AvgIpc) is 3.71. The maximum absolute atomic E-state index is 13.4. The molecular formula is C20H26N10O9P2S2. The minimum absolute atomic E-state index is 0.0233. The maximum Gasteiger partial charge on any atom is 0.386 e. The highest BCUT2D eigenvalue weighted by atomic mass is 32.7. The summed E-state index contributed by atoms with van der Waals surface area (Å²) in [5, 5.41) is 4.19. The Balaban J connectivity index is 1.14. The SMILES string of the molecule is Nc1nc2c(ncn2[C@@H]2O[C@H](COP(=O)(O)S)CC2OP(=O)(S)OC[C@@H]2CC[C@H](c3cnc4c(N)ncnn34)O2)c(=O)[nH]1. The van der Waals surface area contributed by atoms with Gasteiger partial charge in [-0.25, -0.2) is 28.6 Å². The maximum atomic E-state index is 13.4. The first kappa shape index (κ1) is 30.4. The lowest BCUT2D eigenvalue weighted by molar-refractivity contribution is -0.0438. The van der Waals surface area contributed by atoms with Crippen molar-refractivity contribution in [3.05, 3.63) is 34.9 Å². The highest BCUT2D eigenvalue weighted by molar-refractivity contribution is 8.44. The molecule has 2 fully saturated rings. The monoisotopic (exact) mass is 676 g/mol. The van der Waals surface area contributed by atoms with E-state index < -0.39 is 43.7 Å². The van der Waals surface area contributed by atoms with Gasteiger partial charge >= 0.3 is 13.6 Å². The minimum atomic E-state index is -4.12. The van der Waals surface area contributed by atoms with Crippen molar-refractivity contribution in [2.24, 2.45) is 0 Å². The molecule has 6 heterocycles. The van der Waals surface area contributed by atoms with Crippen molar-refractivity contribution in [1.29, 1.82) is 0 Å². The van der Waals surface area contributed by atoms with Gasteiger partial charge in [-0.2, -0.15) is 10.1 Å².